The van der Waals surface area contributed by atoms with Crippen LogP contribution in [0.5, 0.6) is 0 Å². The average molecular weight is 287 g/mol. The molecular weight excluding hydrogens is 274 g/mol. The van der Waals surface area contributed by atoms with Crippen LogP contribution in [-0.2, 0) is 30.2 Å². The number of aromatic nitrogens is 2. The van der Waals surface area contributed by atoms with Crippen molar-refractivity contribution >= 4 is 21.4 Å². The van der Waals surface area contributed by atoms with E-state index in [-0.39, 0.29) is 18.0 Å². The fraction of sp³-hybridized carbons (Fsp3) is 0.300. The van der Waals surface area contributed by atoms with Gasteiger partial charge in [-0.15, -0.1) is 11.3 Å². The molecule has 0 aromatic carbocycles. The van der Waals surface area contributed by atoms with Gasteiger partial charge in [0.1, 0.15) is 0 Å². The van der Waals surface area contributed by atoms with E-state index in [4.69, 9.17) is 5.11 Å². The Labute approximate surface area is 109 Å². The second-order valence-electron chi connectivity index (χ2n) is 3.75. The summed E-state index contributed by atoms with van der Waals surface area (Å²) in [5, 5.41) is 14.4. The SMILES string of the molecule is Cn1cc(CNS(=O)(=O)c2csc(CO)c2)cn1. The van der Waals surface area contributed by atoms with Gasteiger partial charge in [0, 0.05) is 35.6 Å². The first-order chi connectivity index (χ1) is 8.51. The van der Waals surface area contributed by atoms with E-state index >= 15 is 0 Å². The number of rotatable bonds is 5. The zero-order chi connectivity index (χ0) is 13.2. The van der Waals surface area contributed by atoms with Crippen molar-refractivity contribution in [1.82, 2.24) is 14.5 Å². The lowest BCUT2D eigenvalue weighted by atomic mass is 10.4. The van der Waals surface area contributed by atoms with E-state index in [0.29, 0.717) is 4.88 Å². The molecule has 2 N–H and O–H groups in total. The van der Waals surface area contributed by atoms with E-state index in [1.807, 2.05) is 0 Å². The van der Waals surface area contributed by atoms with E-state index in [1.54, 1.807) is 24.1 Å². The van der Waals surface area contributed by atoms with Gasteiger partial charge in [0.05, 0.1) is 17.7 Å². The summed E-state index contributed by atoms with van der Waals surface area (Å²) in [4.78, 5) is 0.803. The third kappa shape index (κ3) is 2.96. The van der Waals surface area contributed by atoms with Gasteiger partial charge in [0.25, 0.3) is 0 Å². The van der Waals surface area contributed by atoms with Crippen LogP contribution in [0.25, 0.3) is 0 Å². The summed E-state index contributed by atoms with van der Waals surface area (Å²) in [6.45, 7) is 0.0449. The molecule has 2 aromatic heterocycles. The van der Waals surface area contributed by atoms with Crippen LogP contribution in [0.2, 0.25) is 0 Å². The van der Waals surface area contributed by atoms with Crippen molar-refractivity contribution in [2.45, 2.75) is 18.0 Å². The number of aryl methyl sites for hydroxylation is 1. The Morgan fingerprint density at radius 1 is 1.56 bits per heavy atom. The predicted octanol–water partition coefficient (Wildman–Crippen LogP) is 0.452. The molecule has 0 unspecified atom stereocenters. The fourth-order valence-electron chi connectivity index (χ4n) is 1.41. The normalized spacial score (nSPS) is 11.9. The largest absolute Gasteiger partial charge is 0.391 e. The molecule has 0 radical (unpaired) electrons. The quantitative estimate of drug-likeness (QED) is 0.836. The van der Waals surface area contributed by atoms with Gasteiger partial charge in [0.2, 0.25) is 10.0 Å². The molecular formula is C10H13N3O3S2. The number of aliphatic hydroxyl groups excluding tert-OH is 1. The van der Waals surface area contributed by atoms with E-state index in [9.17, 15) is 8.42 Å². The first-order valence-corrected chi connectivity index (χ1v) is 7.53. The average Bonchev–Trinajstić information content (AvgIpc) is 2.95. The molecule has 0 bridgehead atoms. The van der Waals surface area contributed by atoms with Crippen molar-refractivity contribution in [1.29, 1.82) is 0 Å². The van der Waals surface area contributed by atoms with Crippen molar-refractivity contribution in [3.8, 4) is 0 Å². The summed E-state index contributed by atoms with van der Waals surface area (Å²) in [5.41, 5.74) is 0.790. The first-order valence-electron chi connectivity index (χ1n) is 5.17. The third-order valence-corrected chi connectivity index (χ3v) is 4.77. The lowest BCUT2D eigenvalue weighted by Crippen LogP contribution is -2.22. The maximum Gasteiger partial charge on any atom is 0.241 e. The zero-order valence-corrected chi connectivity index (χ0v) is 11.3. The van der Waals surface area contributed by atoms with Gasteiger partial charge in [-0.05, 0) is 6.07 Å². The van der Waals surface area contributed by atoms with Crippen molar-refractivity contribution < 1.29 is 13.5 Å². The highest BCUT2D eigenvalue weighted by Crippen LogP contribution is 2.19. The van der Waals surface area contributed by atoms with E-state index in [1.165, 1.54) is 22.8 Å². The molecule has 0 aliphatic heterocycles. The number of nitrogens with zero attached hydrogens (tertiary/aromatic N) is 2. The monoisotopic (exact) mass is 287 g/mol. The van der Waals surface area contributed by atoms with Crippen LogP contribution >= 0.6 is 11.3 Å². The molecule has 0 amide bonds. The summed E-state index contributed by atoms with van der Waals surface area (Å²) < 4.78 is 28.0. The van der Waals surface area contributed by atoms with Gasteiger partial charge in [0.15, 0.2) is 0 Å². The van der Waals surface area contributed by atoms with Crippen molar-refractivity contribution in [2.24, 2.45) is 7.05 Å². The minimum Gasteiger partial charge on any atom is -0.391 e. The molecule has 0 spiro atoms. The maximum absolute atomic E-state index is 11.9. The summed E-state index contributed by atoms with van der Waals surface area (Å²) >= 11 is 1.22. The Kier molecular flexibility index (Phi) is 3.81. The van der Waals surface area contributed by atoms with Crippen molar-refractivity contribution in [3.63, 3.8) is 0 Å². The fourth-order valence-corrected chi connectivity index (χ4v) is 3.56. The van der Waals surface area contributed by atoms with Gasteiger partial charge in [-0.1, -0.05) is 0 Å². The lowest BCUT2D eigenvalue weighted by molar-refractivity contribution is 0.285. The molecule has 0 aliphatic carbocycles. The Morgan fingerprint density at radius 2 is 2.33 bits per heavy atom. The van der Waals surface area contributed by atoms with Crippen molar-refractivity contribution in [2.75, 3.05) is 0 Å². The smallest absolute Gasteiger partial charge is 0.241 e. The van der Waals surface area contributed by atoms with Crippen LogP contribution in [0, 0.1) is 0 Å². The van der Waals surface area contributed by atoms with Gasteiger partial charge >= 0.3 is 0 Å². The molecule has 0 saturated heterocycles. The first kappa shape index (κ1) is 13.2. The van der Waals surface area contributed by atoms with Crippen LogP contribution in [0.4, 0.5) is 0 Å². The summed E-state index contributed by atoms with van der Waals surface area (Å²) in [6.07, 6.45) is 3.35. The van der Waals surface area contributed by atoms with Crippen LogP contribution in [0.3, 0.4) is 0 Å². The zero-order valence-electron chi connectivity index (χ0n) is 9.70. The molecule has 8 heteroatoms. The molecule has 2 rings (SSSR count). The number of sulfonamides is 1. The molecule has 18 heavy (non-hydrogen) atoms. The number of thiophene rings is 1. The Hall–Kier alpha value is -1.22. The topological polar surface area (TPSA) is 84.2 Å². The second-order valence-corrected chi connectivity index (χ2v) is 6.52. The number of aliphatic hydroxyl groups is 1. The standard InChI is InChI=1S/C10H13N3O3S2/c1-13-5-8(3-11-13)4-12-18(15,16)10-2-9(6-14)17-7-10/h2-3,5,7,12,14H,4,6H2,1H3. The van der Waals surface area contributed by atoms with Gasteiger partial charge < -0.3 is 5.11 Å². The molecule has 98 valence electrons. The highest BCUT2D eigenvalue weighted by Gasteiger charge is 2.15. The summed E-state index contributed by atoms with van der Waals surface area (Å²) in [7, 11) is -1.76. The summed E-state index contributed by atoms with van der Waals surface area (Å²) in [6, 6.07) is 1.47. The van der Waals surface area contributed by atoms with Crippen LogP contribution in [-0.4, -0.2) is 23.3 Å². The molecule has 0 aliphatic rings. The number of hydrogen-bond donors (Lipinski definition) is 2. The van der Waals surface area contributed by atoms with E-state index in [2.05, 4.69) is 9.82 Å². The van der Waals surface area contributed by atoms with Crippen LogP contribution in [0.15, 0.2) is 28.7 Å². The molecule has 6 nitrogen and oxygen atoms in total. The maximum atomic E-state index is 11.9. The molecule has 0 saturated carbocycles. The second kappa shape index (κ2) is 5.19. The van der Waals surface area contributed by atoms with Crippen LogP contribution in [0.1, 0.15) is 10.4 Å². The predicted molar refractivity (Wildman–Crippen MR) is 67.5 cm³/mol. The molecule has 2 aromatic rings. The van der Waals surface area contributed by atoms with Gasteiger partial charge in [-0.2, -0.15) is 5.10 Å². The van der Waals surface area contributed by atoms with Gasteiger partial charge in [-0.3, -0.25) is 4.68 Å². The minimum absolute atomic E-state index is 0.150. The Morgan fingerprint density at radius 3 is 2.89 bits per heavy atom. The van der Waals surface area contributed by atoms with Crippen LogP contribution < -0.4 is 4.72 Å². The van der Waals surface area contributed by atoms with Gasteiger partial charge in [-0.25, -0.2) is 13.1 Å². The Bertz CT molecular complexity index is 630. The third-order valence-electron chi connectivity index (χ3n) is 2.32. The molecule has 0 fully saturated rings. The number of nitrogens with one attached hydrogen (secondary N) is 1. The lowest BCUT2D eigenvalue weighted by Gasteiger charge is -2.02. The Balaban J connectivity index is 2.07. The highest BCUT2D eigenvalue weighted by atomic mass is 32.2. The molecule has 0 atom stereocenters. The minimum atomic E-state index is -3.53. The summed E-state index contributed by atoms with van der Waals surface area (Å²) in [5.74, 6) is 0. The van der Waals surface area contributed by atoms with Crippen molar-refractivity contribution in [3.05, 3.63) is 34.3 Å². The number of hydrogen-bond acceptors (Lipinski definition) is 5. The van der Waals surface area contributed by atoms with E-state index in [0.717, 1.165) is 5.56 Å². The van der Waals surface area contributed by atoms with E-state index < -0.39 is 10.0 Å². The molecule has 2 heterocycles. The highest BCUT2D eigenvalue weighted by molar-refractivity contribution is 7.89.